The number of benzene rings is 2. The van der Waals surface area contributed by atoms with E-state index in [1.807, 2.05) is 25.1 Å². The molecule has 1 atom stereocenters. The van der Waals surface area contributed by atoms with Gasteiger partial charge in [0.1, 0.15) is 0 Å². The van der Waals surface area contributed by atoms with E-state index in [2.05, 4.69) is 10.6 Å². The fraction of sp³-hybridized carbons (Fsp3) is 0.300. The maximum absolute atomic E-state index is 12.6. The maximum Gasteiger partial charge on any atom is 0.257 e. The van der Waals surface area contributed by atoms with Gasteiger partial charge in [-0.2, -0.15) is 0 Å². The second-order valence-electron chi connectivity index (χ2n) is 6.14. The predicted octanol–water partition coefficient (Wildman–Crippen LogP) is 2.04. The molecule has 1 heterocycles. The minimum Gasteiger partial charge on any atom is -0.493 e. The Balaban J connectivity index is 1.68. The summed E-state index contributed by atoms with van der Waals surface area (Å²) in [6.45, 7) is 1.95. The highest BCUT2D eigenvalue weighted by molar-refractivity contribution is 5.95. The molecule has 2 N–H and O–H groups in total. The molecule has 0 aromatic heterocycles. The molecule has 2 aromatic carbocycles. The van der Waals surface area contributed by atoms with E-state index in [9.17, 15) is 9.59 Å². The monoisotopic (exact) mass is 386 g/mol. The lowest BCUT2D eigenvalue weighted by atomic mass is 10.1. The zero-order valence-electron chi connectivity index (χ0n) is 15.9. The zero-order valence-corrected chi connectivity index (χ0v) is 15.9. The van der Waals surface area contributed by atoms with Gasteiger partial charge in [-0.25, -0.2) is 0 Å². The Morgan fingerprint density at radius 3 is 2.64 bits per heavy atom. The number of nitrogens with one attached hydrogen (secondary N) is 2. The second-order valence-corrected chi connectivity index (χ2v) is 6.14. The number of rotatable bonds is 7. The minimum absolute atomic E-state index is 0.139. The van der Waals surface area contributed by atoms with Crippen LogP contribution in [-0.2, 0) is 4.79 Å². The summed E-state index contributed by atoms with van der Waals surface area (Å²) in [5.74, 6) is 1.58. The van der Waals surface area contributed by atoms with Crippen LogP contribution < -0.4 is 29.6 Å². The number of fused-ring (bicyclic) bond motifs is 1. The van der Waals surface area contributed by atoms with E-state index >= 15 is 0 Å². The molecule has 0 saturated carbocycles. The Morgan fingerprint density at radius 1 is 1.11 bits per heavy atom. The summed E-state index contributed by atoms with van der Waals surface area (Å²) < 4.78 is 21.4. The highest BCUT2D eigenvalue weighted by Crippen LogP contribution is 2.34. The smallest absolute Gasteiger partial charge is 0.257 e. The first-order chi connectivity index (χ1) is 13.5. The van der Waals surface area contributed by atoms with Gasteiger partial charge in [-0.05, 0) is 42.8 Å². The number of ether oxygens (including phenoxy) is 4. The quantitative estimate of drug-likeness (QED) is 0.756. The van der Waals surface area contributed by atoms with E-state index in [0.29, 0.717) is 28.6 Å². The summed E-state index contributed by atoms with van der Waals surface area (Å²) in [4.78, 5) is 24.0. The highest BCUT2D eigenvalue weighted by atomic mass is 16.7. The fourth-order valence-electron chi connectivity index (χ4n) is 2.69. The lowest BCUT2D eigenvalue weighted by molar-refractivity contribution is -0.122. The first-order valence-electron chi connectivity index (χ1n) is 8.73. The normalized spacial score (nSPS) is 12.8. The van der Waals surface area contributed by atoms with Gasteiger partial charge in [0.05, 0.1) is 13.2 Å². The van der Waals surface area contributed by atoms with E-state index in [0.717, 1.165) is 5.56 Å². The molecule has 3 rings (SSSR count). The van der Waals surface area contributed by atoms with Crippen molar-refractivity contribution in [3.8, 4) is 23.0 Å². The largest absolute Gasteiger partial charge is 0.493 e. The summed E-state index contributed by atoms with van der Waals surface area (Å²) in [5.41, 5.74) is 1.31. The molecular weight excluding hydrogens is 364 g/mol. The highest BCUT2D eigenvalue weighted by Gasteiger charge is 2.18. The molecule has 0 aliphatic carbocycles. The van der Waals surface area contributed by atoms with Gasteiger partial charge in [-0.1, -0.05) is 6.07 Å². The van der Waals surface area contributed by atoms with E-state index in [4.69, 9.17) is 18.9 Å². The van der Waals surface area contributed by atoms with E-state index in [-0.39, 0.29) is 31.3 Å². The zero-order chi connectivity index (χ0) is 20.1. The van der Waals surface area contributed by atoms with Gasteiger partial charge in [-0.3, -0.25) is 9.59 Å². The van der Waals surface area contributed by atoms with Crippen molar-refractivity contribution < 1.29 is 28.5 Å². The van der Waals surface area contributed by atoms with Crippen molar-refractivity contribution >= 4 is 11.8 Å². The van der Waals surface area contributed by atoms with Crippen molar-refractivity contribution in [1.29, 1.82) is 0 Å². The van der Waals surface area contributed by atoms with Gasteiger partial charge in [-0.15, -0.1) is 0 Å². The van der Waals surface area contributed by atoms with Crippen LogP contribution in [0, 0.1) is 0 Å². The molecule has 2 amide bonds. The van der Waals surface area contributed by atoms with Crippen molar-refractivity contribution in [2.24, 2.45) is 0 Å². The van der Waals surface area contributed by atoms with E-state index in [1.54, 1.807) is 18.2 Å². The molecule has 2 aromatic rings. The minimum atomic E-state index is -0.263. The van der Waals surface area contributed by atoms with Crippen LogP contribution in [-0.4, -0.2) is 39.4 Å². The third-order valence-electron chi connectivity index (χ3n) is 4.31. The Bertz CT molecular complexity index is 883. The molecule has 1 aliphatic rings. The van der Waals surface area contributed by atoms with Crippen LogP contribution in [0.3, 0.4) is 0 Å². The number of methoxy groups -OCH3 is 1. The first-order valence-corrected chi connectivity index (χ1v) is 8.73. The number of carbonyl (C=O) groups is 2. The van der Waals surface area contributed by atoms with Crippen LogP contribution in [0.1, 0.15) is 28.9 Å². The Hall–Kier alpha value is -3.42. The summed E-state index contributed by atoms with van der Waals surface area (Å²) in [6.07, 6.45) is 0. The molecule has 8 nitrogen and oxygen atoms in total. The van der Waals surface area contributed by atoms with Crippen LogP contribution in [0.25, 0.3) is 0 Å². The SMILES string of the molecule is CNC(=O)COc1ccc(C(=O)NC(C)c2ccc3c(c2)OCO3)cc1OC. The summed E-state index contributed by atoms with van der Waals surface area (Å²) >= 11 is 0. The van der Waals surface area contributed by atoms with Gasteiger partial charge in [0, 0.05) is 12.6 Å². The van der Waals surface area contributed by atoms with Crippen LogP contribution >= 0.6 is 0 Å². The standard InChI is InChI=1S/C20H22N2O6/c1-12(13-4-6-16-18(8-13)28-11-27-16)22-20(24)14-5-7-15(17(9-14)25-3)26-10-19(23)21-2/h4-9,12H,10-11H2,1-3H3,(H,21,23)(H,22,24). The summed E-state index contributed by atoms with van der Waals surface area (Å²) in [5, 5.41) is 5.41. The molecule has 28 heavy (non-hydrogen) atoms. The van der Waals surface area contributed by atoms with Crippen molar-refractivity contribution in [2.45, 2.75) is 13.0 Å². The molecular formula is C20H22N2O6. The molecule has 148 valence electrons. The van der Waals surface area contributed by atoms with Gasteiger partial charge in [0.15, 0.2) is 29.6 Å². The van der Waals surface area contributed by atoms with Crippen LogP contribution in [0.2, 0.25) is 0 Å². The number of hydrogen-bond donors (Lipinski definition) is 2. The van der Waals surface area contributed by atoms with Crippen molar-refractivity contribution in [3.05, 3.63) is 47.5 Å². The Labute approximate surface area is 162 Å². The van der Waals surface area contributed by atoms with Gasteiger partial charge in [0.2, 0.25) is 6.79 Å². The summed E-state index contributed by atoms with van der Waals surface area (Å²) in [7, 11) is 3.00. The number of amides is 2. The number of likely N-dealkylation sites (N-methyl/N-ethyl adjacent to an activating group) is 1. The van der Waals surface area contributed by atoms with E-state index < -0.39 is 0 Å². The van der Waals surface area contributed by atoms with Gasteiger partial charge < -0.3 is 29.6 Å². The lowest BCUT2D eigenvalue weighted by Gasteiger charge is -2.16. The Morgan fingerprint density at radius 2 is 1.89 bits per heavy atom. The second kappa shape index (κ2) is 8.51. The van der Waals surface area contributed by atoms with Gasteiger partial charge >= 0.3 is 0 Å². The third kappa shape index (κ3) is 4.28. The summed E-state index contributed by atoms with van der Waals surface area (Å²) in [6, 6.07) is 10.1. The first kappa shape index (κ1) is 19.3. The molecule has 8 heteroatoms. The average Bonchev–Trinajstić information content (AvgIpc) is 3.19. The van der Waals surface area contributed by atoms with Gasteiger partial charge in [0.25, 0.3) is 11.8 Å². The number of carbonyl (C=O) groups excluding carboxylic acids is 2. The molecule has 0 spiro atoms. The van der Waals surface area contributed by atoms with Crippen LogP contribution in [0.5, 0.6) is 23.0 Å². The van der Waals surface area contributed by atoms with Crippen molar-refractivity contribution in [1.82, 2.24) is 10.6 Å². The lowest BCUT2D eigenvalue weighted by Crippen LogP contribution is -2.27. The van der Waals surface area contributed by atoms with Crippen molar-refractivity contribution in [3.63, 3.8) is 0 Å². The number of hydrogen-bond acceptors (Lipinski definition) is 6. The molecule has 0 saturated heterocycles. The molecule has 1 unspecified atom stereocenters. The Kier molecular flexibility index (Phi) is 5.88. The third-order valence-corrected chi connectivity index (χ3v) is 4.31. The predicted molar refractivity (Wildman–Crippen MR) is 101 cm³/mol. The van der Waals surface area contributed by atoms with Crippen molar-refractivity contribution in [2.75, 3.05) is 27.6 Å². The molecule has 1 aliphatic heterocycles. The van der Waals surface area contributed by atoms with Crippen LogP contribution in [0.4, 0.5) is 0 Å². The van der Waals surface area contributed by atoms with Crippen LogP contribution in [0.15, 0.2) is 36.4 Å². The van der Waals surface area contributed by atoms with E-state index in [1.165, 1.54) is 14.2 Å². The molecule has 0 fully saturated rings. The molecule has 0 bridgehead atoms. The fourth-order valence-corrected chi connectivity index (χ4v) is 2.69. The maximum atomic E-state index is 12.6. The molecule has 0 radical (unpaired) electrons. The topological polar surface area (TPSA) is 95.1 Å². The average molecular weight is 386 g/mol.